The number of ether oxygens (including phenoxy) is 2. The number of amides is 1. The Labute approximate surface area is 219 Å². The number of nitrogens with zero attached hydrogens (tertiary/aromatic N) is 2. The van der Waals surface area contributed by atoms with Crippen LogP contribution in [0.1, 0.15) is 27.0 Å². The van der Waals surface area contributed by atoms with Crippen LogP contribution < -0.4 is 19.7 Å². The number of aryl methyl sites for hydroxylation is 1. The first-order valence-corrected chi connectivity index (χ1v) is 12.8. The van der Waals surface area contributed by atoms with Gasteiger partial charge in [-0.1, -0.05) is 36.4 Å². The summed E-state index contributed by atoms with van der Waals surface area (Å²) in [6.45, 7) is 9.00. The predicted molar refractivity (Wildman–Crippen MR) is 147 cm³/mol. The van der Waals surface area contributed by atoms with Gasteiger partial charge in [-0.3, -0.25) is 9.69 Å². The second-order valence-corrected chi connectivity index (χ2v) is 9.50. The molecule has 37 heavy (non-hydrogen) atoms. The molecule has 0 bridgehead atoms. The van der Waals surface area contributed by atoms with Crippen molar-refractivity contribution in [3.8, 4) is 11.5 Å². The van der Waals surface area contributed by atoms with Crippen molar-refractivity contribution in [1.82, 2.24) is 10.2 Å². The lowest BCUT2D eigenvalue weighted by molar-refractivity contribution is 0.0654. The van der Waals surface area contributed by atoms with E-state index in [0.29, 0.717) is 24.4 Å². The Morgan fingerprint density at radius 3 is 2.43 bits per heavy atom. The number of para-hydroxylation sites is 1. The van der Waals surface area contributed by atoms with Gasteiger partial charge in [0.2, 0.25) is 0 Å². The van der Waals surface area contributed by atoms with Crippen LogP contribution in [-0.4, -0.2) is 68.5 Å². The molecular formula is C30H37N3O4. The smallest absolute Gasteiger partial charge is 0.255 e. The highest BCUT2D eigenvalue weighted by molar-refractivity contribution is 5.96. The summed E-state index contributed by atoms with van der Waals surface area (Å²) in [6.07, 6.45) is -0.650. The van der Waals surface area contributed by atoms with Gasteiger partial charge in [-0.2, -0.15) is 0 Å². The average Bonchev–Trinajstić information content (AvgIpc) is 2.93. The molecule has 196 valence electrons. The Kier molecular flexibility index (Phi) is 9.04. The van der Waals surface area contributed by atoms with Gasteiger partial charge in [0.05, 0.1) is 12.7 Å². The summed E-state index contributed by atoms with van der Waals surface area (Å²) >= 11 is 0. The summed E-state index contributed by atoms with van der Waals surface area (Å²) in [6, 6.07) is 21.1. The Balaban J connectivity index is 1.25. The van der Waals surface area contributed by atoms with E-state index >= 15 is 0 Å². The quantitative estimate of drug-likeness (QED) is 0.438. The van der Waals surface area contributed by atoms with Gasteiger partial charge >= 0.3 is 0 Å². The number of aliphatic hydroxyl groups is 1. The van der Waals surface area contributed by atoms with E-state index in [9.17, 15) is 9.90 Å². The maximum absolute atomic E-state index is 12.8. The third-order valence-electron chi connectivity index (χ3n) is 6.93. The van der Waals surface area contributed by atoms with E-state index in [1.807, 2.05) is 30.3 Å². The highest BCUT2D eigenvalue weighted by Crippen LogP contribution is 2.24. The number of carbonyl (C=O) groups excluding carboxylic acids is 1. The van der Waals surface area contributed by atoms with Crippen LogP contribution in [0.2, 0.25) is 0 Å². The summed E-state index contributed by atoms with van der Waals surface area (Å²) in [5, 5.41) is 13.6. The molecule has 0 aliphatic carbocycles. The molecule has 0 radical (unpaired) electrons. The second kappa shape index (κ2) is 12.6. The molecule has 0 aromatic heterocycles. The van der Waals surface area contributed by atoms with Crippen LogP contribution >= 0.6 is 0 Å². The summed E-state index contributed by atoms with van der Waals surface area (Å²) in [5.41, 5.74) is 5.36. The molecule has 1 aliphatic heterocycles. The van der Waals surface area contributed by atoms with E-state index in [0.717, 1.165) is 37.5 Å². The summed E-state index contributed by atoms with van der Waals surface area (Å²) in [7, 11) is 1.62. The van der Waals surface area contributed by atoms with Crippen molar-refractivity contribution in [2.75, 3.05) is 51.3 Å². The van der Waals surface area contributed by atoms with Crippen LogP contribution in [-0.2, 0) is 6.54 Å². The van der Waals surface area contributed by atoms with E-state index in [1.165, 1.54) is 16.8 Å². The number of β-amino-alcohol motifs (C(OH)–C–C–N with tert-alkyl or cyclic N) is 1. The molecule has 4 rings (SSSR count). The zero-order valence-electron chi connectivity index (χ0n) is 21.9. The van der Waals surface area contributed by atoms with Crippen LogP contribution in [0.4, 0.5) is 5.69 Å². The van der Waals surface area contributed by atoms with Crippen LogP contribution in [0, 0.1) is 13.8 Å². The SMILES string of the molecule is COc1ccc(CNC(=O)c2ccccc2OCC(O)CN2CCN(c3cccc(C)c3C)CC2)cc1. The Hall–Kier alpha value is -3.55. The molecule has 1 aliphatic rings. The summed E-state index contributed by atoms with van der Waals surface area (Å²) < 4.78 is 11.1. The first-order valence-electron chi connectivity index (χ1n) is 12.8. The second-order valence-electron chi connectivity index (χ2n) is 9.50. The van der Waals surface area contributed by atoms with Crippen molar-refractivity contribution in [3.63, 3.8) is 0 Å². The topological polar surface area (TPSA) is 74.3 Å². The third-order valence-corrected chi connectivity index (χ3v) is 6.93. The zero-order valence-corrected chi connectivity index (χ0v) is 21.9. The summed E-state index contributed by atoms with van der Waals surface area (Å²) in [5.74, 6) is 1.02. The number of piperazine rings is 1. The molecule has 7 heteroatoms. The van der Waals surface area contributed by atoms with Crippen LogP contribution in [0.15, 0.2) is 66.7 Å². The number of benzene rings is 3. The first kappa shape index (κ1) is 26.5. The van der Waals surface area contributed by atoms with Gasteiger partial charge in [-0.15, -0.1) is 0 Å². The Bertz CT molecular complexity index is 1170. The van der Waals surface area contributed by atoms with E-state index in [1.54, 1.807) is 25.3 Å². The molecular weight excluding hydrogens is 466 g/mol. The minimum Gasteiger partial charge on any atom is -0.497 e. The largest absolute Gasteiger partial charge is 0.497 e. The lowest BCUT2D eigenvalue weighted by Gasteiger charge is -2.37. The minimum atomic E-state index is -0.650. The number of hydrogen-bond acceptors (Lipinski definition) is 6. The monoisotopic (exact) mass is 503 g/mol. The van der Waals surface area contributed by atoms with Gasteiger partial charge in [0.1, 0.15) is 24.2 Å². The molecule has 1 fully saturated rings. The van der Waals surface area contributed by atoms with Crippen molar-refractivity contribution in [2.24, 2.45) is 0 Å². The fourth-order valence-corrected chi connectivity index (χ4v) is 4.59. The van der Waals surface area contributed by atoms with Crippen LogP contribution in [0.5, 0.6) is 11.5 Å². The average molecular weight is 504 g/mol. The fourth-order valence-electron chi connectivity index (χ4n) is 4.59. The summed E-state index contributed by atoms with van der Waals surface area (Å²) in [4.78, 5) is 17.5. The molecule has 2 N–H and O–H groups in total. The first-order chi connectivity index (χ1) is 17.9. The number of aliphatic hydroxyl groups excluding tert-OH is 1. The van der Waals surface area contributed by atoms with E-state index in [-0.39, 0.29) is 12.5 Å². The molecule has 3 aromatic rings. The third kappa shape index (κ3) is 7.02. The van der Waals surface area contributed by atoms with Crippen molar-refractivity contribution >= 4 is 11.6 Å². The Morgan fingerprint density at radius 1 is 0.973 bits per heavy atom. The van der Waals surface area contributed by atoms with Gasteiger partial charge in [0, 0.05) is 45.0 Å². The van der Waals surface area contributed by atoms with Gasteiger partial charge in [-0.25, -0.2) is 0 Å². The van der Waals surface area contributed by atoms with Gasteiger partial charge < -0.3 is 24.8 Å². The molecule has 1 heterocycles. The van der Waals surface area contributed by atoms with Crippen LogP contribution in [0.25, 0.3) is 0 Å². The normalized spacial score (nSPS) is 14.8. The zero-order chi connectivity index (χ0) is 26.2. The van der Waals surface area contributed by atoms with E-state index < -0.39 is 6.10 Å². The van der Waals surface area contributed by atoms with E-state index in [4.69, 9.17) is 9.47 Å². The van der Waals surface area contributed by atoms with Crippen LogP contribution in [0.3, 0.4) is 0 Å². The van der Waals surface area contributed by atoms with Gasteiger partial charge in [0.25, 0.3) is 5.91 Å². The van der Waals surface area contributed by atoms with E-state index in [2.05, 4.69) is 47.2 Å². The molecule has 1 atom stereocenters. The number of hydrogen-bond donors (Lipinski definition) is 2. The lowest BCUT2D eigenvalue weighted by atomic mass is 10.1. The number of nitrogens with one attached hydrogen (secondary N) is 1. The number of methoxy groups -OCH3 is 1. The van der Waals surface area contributed by atoms with Gasteiger partial charge in [0.15, 0.2) is 0 Å². The van der Waals surface area contributed by atoms with Crippen molar-refractivity contribution in [1.29, 1.82) is 0 Å². The standard InChI is InChI=1S/C30H37N3O4/c1-22-7-6-9-28(23(22)2)33-17-15-32(16-18-33)20-25(34)21-37-29-10-5-4-8-27(29)30(35)31-19-24-11-13-26(36-3)14-12-24/h4-14,25,34H,15-21H2,1-3H3,(H,31,35). The highest BCUT2D eigenvalue weighted by atomic mass is 16.5. The lowest BCUT2D eigenvalue weighted by Crippen LogP contribution is -2.49. The van der Waals surface area contributed by atoms with Crippen molar-refractivity contribution in [2.45, 2.75) is 26.5 Å². The number of rotatable bonds is 10. The molecule has 3 aromatic carbocycles. The number of anilines is 1. The molecule has 1 amide bonds. The molecule has 0 saturated carbocycles. The Morgan fingerprint density at radius 2 is 1.70 bits per heavy atom. The number of carbonyl (C=O) groups is 1. The highest BCUT2D eigenvalue weighted by Gasteiger charge is 2.21. The fraction of sp³-hybridized carbons (Fsp3) is 0.367. The molecule has 0 spiro atoms. The molecule has 1 unspecified atom stereocenters. The molecule has 1 saturated heterocycles. The van der Waals surface area contributed by atoms with Gasteiger partial charge in [-0.05, 0) is 60.9 Å². The molecule has 7 nitrogen and oxygen atoms in total. The predicted octanol–water partition coefficient (Wildman–Crippen LogP) is 3.80. The maximum Gasteiger partial charge on any atom is 0.255 e. The maximum atomic E-state index is 12.8. The van der Waals surface area contributed by atoms with Crippen molar-refractivity contribution in [3.05, 3.63) is 89.0 Å². The minimum absolute atomic E-state index is 0.125. The van der Waals surface area contributed by atoms with Crippen molar-refractivity contribution < 1.29 is 19.4 Å².